The molecule has 0 radical (unpaired) electrons. The van der Waals surface area contributed by atoms with E-state index in [0.717, 1.165) is 19.3 Å². The van der Waals surface area contributed by atoms with Crippen LogP contribution >= 0.6 is 0 Å². The Labute approximate surface area is 85.9 Å². The monoisotopic (exact) mass is 202 g/mol. The first kappa shape index (κ1) is 13.4. The van der Waals surface area contributed by atoms with Crippen molar-refractivity contribution in [2.24, 2.45) is 5.73 Å². The summed E-state index contributed by atoms with van der Waals surface area (Å²) in [4.78, 5) is 11.0. The van der Waals surface area contributed by atoms with E-state index in [1.165, 1.54) is 0 Å². The Hall–Kier alpha value is -0.610. The van der Waals surface area contributed by atoms with E-state index >= 15 is 0 Å². The van der Waals surface area contributed by atoms with Crippen LogP contribution in [0.15, 0.2) is 0 Å². The first-order valence-electron chi connectivity index (χ1n) is 5.19. The van der Waals surface area contributed by atoms with Crippen LogP contribution in [0.1, 0.15) is 46.5 Å². The van der Waals surface area contributed by atoms with Crippen LogP contribution in [0.4, 0.5) is 0 Å². The normalized spacial score (nSPS) is 17.4. The lowest BCUT2D eigenvalue weighted by atomic mass is 9.94. The SMILES string of the molecule is CCCCCC(C)(NC(C)N)C(=O)O. The van der Waals surface area contributed by atoms with Gasteiger partial charge in [0, 0.05) is 0 Å². The van der Waals surface area contributed by atoms with Gasteiger partial charge in [-0.2, -0.15) is 0 Å². The maximum Gasteiger partial charge on any atom is 0.323 e. The van der Waals surface area contributed by atoms with Crippen LogP contribution in [0.25, 0.3) is 0 Å². The quantitative estimate of drug-likeness (QED) is 0.430. The van der Waals surface area contributed by atoms with Gasteiger partial charge in [-0.05, 0) is 20.3 Å². The number of carboxylic acids is 1. The van der Waals surface area contributed by atoms with Crippen LogP contribution < -0.4 is 11.1 Å². The van der Waals surface area contributed by atoms with Crippen LogP contribution in [0.3, 0.4) is 0 Å². The second kappa shape index (κ2) is 5.98. The van der Waals surface area contributed by atoms with E-state index in [-0.39, 0.29) is 6.17 Å². The third-order valence-corrected chi connectivity index (χ3v) is 2.30. The van der Waals surface area contributed by atoms with E-state index in [9.17, 15) is 4.79 Å². The number of carbonyl (C=O) groups is 1. The summed E-state index contributed by atoms with van der Waals surface area (Å²) in [6, 6.07) is 0. The largest absolute Gasteiger partial charge is 0.480 e. The molecule has 0 saturated carbocycles. The lowest BCUT2D eigenvalue weighted by molar-refractivity contribution is -0.144. The summed E-state index contributed by atoms with van der Waals surface area (Å²) in [5, 5.41) is 12.0. The molecule has 0 aliphatic rings. The van der Waals surface area contributed by atoms with Crippen molar-refractivity contribution in [3.8, 4) is 0 Å². The van der Waals surface area contributed by atoms with Crippen LogP contribution in [-0.2, 0) is 4.79 Å². The number of hydrogen-bond donors (Lipinski definition) is 3. The number of nitrogens with one attached hydrogen (secondary N) is 1. The van der Waals surface area contributed by atoms with E-state index in [0.29, 0.717) is 6.42 Å². The molecule has 0 aromatic carbocycles. The fraction of sp³-hybridized carbons (Fsp3) is 0.900. The number of hydrogen-bond acceptors (Lipinski definition) is 3. The minimum Gasteiger partial charge on any atom is -0.480 e. The molecule has 2 atom stereocenters. The van der Waals surface area contributed by atoms with Gasteiger partial charge in [0.15, 0.2) is 0 Å². The summed E-state index contributed by atoms with van der Waals surface area (Å²) < 4.78 is 0. The summed E-state index contributed by atoms with van der Waals surface area (Å²) in [5.41, 5.74) is 4.66. The van der Waals surface area contributed by atoms with E-state index in [1.54, 1.807) is 13.8 Å². The van der Waals surface area contributed by atoms with Gasteiger partial charge in [-0.25, -0.2) is 0 Å². The summed E-state index contributed by atoms with van der Waals surface area (Å²) in [5.74, 6) is -0.828. The lowest BCUT2D eigenvalue weighted by Crippen LogP contribution is -2.55. The van der Waals surface area contributed by atoms with Crippen molar-refractivity contribution in [1.82, 2.24) is 5.32 Å². The highest BCUT2D eigenvalue weighted by atomic mass is 16.4. The Kier molecular flexibility index (Phi) is 5.72. The van der Waals surface area contributed by atoms with E-state index in [4.69, 9.17) is 10.8 Å². The van der Waals surface area contributed by atoms with Crippen molar-refractivity contribution in [2.45, 2.75) is 58.2 Å². The number of nitrogens with two attached hydrogens (primary N) is 1. The molecule has 0 aliphatic heterocycles. The Bertz CT molecular complexity index is 183. The summed E-state index contributed by atoms with van der Waals surface area (Å²) in [7, 11) is 0. The van der Waals surface area contributed by atoms with Gasteiger partial charge in [0.25, 0.3) is 0 Å². The van der Waals surface area contributed by atoms with Gasteiger partial charge < -0.3 is 10.8 Å². The number of rotatable bonds is 7. The molecule has 0 amide bonds. The zero-order valence-electron chi connectivity index (χ0n) is 9.34. The molecule has 0 aromatic rings. The van der Waals surface area contributed by atoms with E-state index < -0.39 is 11.5 Å². The van der Waals surface area contributed by atoms with Crippen molar-refractivity contribution in [1.29, 1.82) is 0 Å². The Balaban J connectivity index is 4.17. The zero-order valence-corrected chi connectivity index (χ0v) is 9.34. The van der Waals surface area contributed by atoms with Gasteiger partial charge in [0.05, 0.1) is 6.17 Å². The fourth-order valence-corrected chi connectivity index (χ4v) is 1.47. The van der Waals surface area contributed by atoms with Gasteiger partial charge in [-0.15, -0.1) is 0 Å². The van der Waals surface area contributed by atoms with Crippen LogP contribution in [0, 0.1) is 0 Å². The van der Waals surface area contributed by atoms with E-state index in [1.807, 2.05) is 0 Å². The molecule has 0 heterocycles. The minimum atomic E-state index is -0.886. The van der Waals surface area contributed by atoms with E-state index in [2.05, 4.69) is 12.2 Å². The summed E-state index contributed by atoms with van der Waals surface area (Å²) in [6.07, 6.45) is 3.39. The van der Waals surface area contributed by atoms with Crippen molar-refractivity contribution < 1.29 is 9.90 Å². The average Bonchev–Trinajstić information content (AvgIpc) is 2.03. The third kappa shape index (κ3) is 4.58. The Morgan fingerprint density at radius 2 is 2.14 bits per heavy atom. The topological polar surface area (TPSA) is 75.3 Å². The standard InChI is InChI=1S/C10H22N2O2/c1-4-5-6-7-10(3,9(13)14)12-8(2)11/h8,12H,4-7,11H2,1-3H3,(H,13,14). The molecule has 4 N–H and O–H groups in total. The van der Waals surface area contributed by atoms with Crippen molar-refractivity contribution >= 4 is 5.97 Å². The summed E-state index contributed by atoms with van der Waals surface area (Å²) in [6.45, 7) is 5.53. The molecule has 0 aromatic heterocycles. The Morgan fingerprint density at radius 1 is 1.57 bits per heavy atom. The molecule has 4 heteroatoms. The van der Waals surface area contributed by atoms with Gasteiger partial charge in [-0.1, -0.05) is 26.2 Å². The Morgan fingerprint density at radius 3 is 2.50 bits per heavy atom. The molecular formula is C10H22N2O2. The number of carboxylic acid groups (broad SMARTS) is 1. The highest BCUT2D eigenvalue weighted by Gasteiger charge is 2.32. The highest BCUT2D eigenvalue weighted by molar-refractivity contribution is 5.78. The second-order valence-electron chi connectivity index (χ2n) is 4.03. The summed E-state index contributed by atoms with van der Waals surface area (Å²) >= 11 is 0. The molecule has 4 nitrogen and oxygen atoms in total. The lowest BCUT2D eigenvalue weighted by Gasteiger charge is -2.28. The molecule has 14 heavy (non-hydrogen) atoms. The predicted molar refractivity (Wildman–Crippen MR) is 57.0 cm³/mol. The number of aliphatic carboxylic acids is 1. The molecule has 0 fully saturated rings. The van der Waals surface area contributed by atoms with Crippen molar-refractivity contribution in [2.75, 3.05) is 0 Å². The molecule has 84 valence electrons. The van der Waals surface area contributed by atoms with Gasteiger partial charge >= 0.3 is 5.97 Å². The van der Waals surface area contributed by atoms with Crippen molar-refractivity contribution in [3.05, 3.63) is 0 Å². The zero-order chi connectivity index (χ0) is 11.2. The molecular weight excluding hydrogens is 180 g/mol. The highest BCUT2D eigenvalue weighted by Crippen LogP contribution is 2.15. The molecule has 0 rings (SSSR count). The van der Waals surface area contributed by atoms with Gasteiger partial charge in [-0.3, -0.25) is 10.1 Å². The van der Waals surface area contributed by atoms with Gasteiger partial charge in [0.1, 0.15) is 5.54 Å². The third-order valence-electron chi connectivity index (χ3n) is 2.30. The average molecular weight is 202 g/mol. The van der Waals surface area contributed by atoms with Crippen LogP contribution in [-0.4, -0.2) is 22.8 Å². The first-order chi connectivity index (χ1) is 6.42. The van der Waals surface area contributed by atoms with Crippen LogP contribution in [0.5, 0.6) is 0 Å². The minimum absolute atomic E-state index is 0.294. The molecule has 0 saturated heterocycles. The first-order valence-corrected chi connectivity index (χ1v) is 5.19. The predicted octanol–water partition coefficient (Wildman–Crippen LogP) is 1.30. The number of unbranched alkanes of at least 4 members (excludes halogenated alkanes) is 2. The van der Waals surface area contributed by atoms with Gasteiger partial charge in [0.2, 0.25) is 0 Å². The maximum absolute atomic E-state index is 11.0. The molecule has 0 aliphatic carbocycles. The van der Waals surface area contributed by atoms with Crippen LogP contribution in [0.2, 0.25) is 0 Å². The molecule has 0 spiro atoms. The smallest absolute Gasteiger partial charge is 0.323 e. The maximum atomic E-state index is 11.0. The second-order valence-corrected chi connectivity index (χ2v) is 4.03. The fourth-order valence-electron chi connectivity index (χ4n) is 1.47. The van der Waals surface area contributed by atoms with Crippen molar-refractivity contribution in [3.63, 3.8) is 0 Å². The molecule has 2 unspecified atom stereocenters. The molecule has 0 bridgehead atoms.